The van der Waals surface area contributed by atoms with Crippen molar-refractivity contribution < 1.29 is 0 Å². The smallest absolute Gasteiger partial charge is 0.0208 e. The van der Waals surface area contributed by atoms with Gasteiger partial charge in [-0.15, -0.1) is 0 Å². The summed E-state index contributed by atoms with van der Waals surface area (Å²) in [6.45, 7) is 4.54. The molecule has 2 N–H and O–H groups in total. The van der Waals surface area contributed by atoms with Gasteiger partial charge in [-0.2, -0.15) is 0 Å². The van der Waals surface area contributed by atoms with Crippen LogP contribution in [-0.2, 0) is 6.42 Å². The number of nitrogens with zero attached hydrogens (tertiary/aromatic N) is 1. The van der Waals surface area contributed by atoms with Crippen LogP contribution in [0.5, 0.6) is 0 Å². The van der Waals surface area contributed by atoms with Crippen molar-refractivity contribution >= 4 is 0 Å². The summed E-state index contributed by atoms with van der Waals surface area (Å²) in [5, 5.41) is 0. The van der Waals surface area contributed by atoms with Crippen molar-refractivity contribution in [1.82, 2.24) is 4.90 Å². The minimum Gasteiger partial charge on any atom is -0.326 e. The molecular weight excluding hydrogens is 220 g/mol. The van der Waals surface area contributed by atoms with Crippen LogP contribution < -0.4 is 5.73 Å². The van der Waals surface area contributed by atoms with E-state index in [0.717, 1.165) is 19.0 Å². The van der Waals surface area contributed by atoms with E-state index in [-0.39, 0.29) is 6.04 Å². The number of rotatable bonds is 8. The maximum absolute atomic E-state index is 6.30. The first kappa shape index (κ1) is 13.6. The van der Waals surface area contributed by atoms with Gasteiger partial charge in [0, 0.05) is 18.6 Å². The van der Waals surface area contributed by atoms with Crippen LogP contribution in [0.25, 0.3) is 0 Å². The van der Waals surface area contributed by atoms with Gasteiger partial charge < -0.3 is 5.73 Å². The van der Waals surface area contributed by atoms with Crippen molar-refractivity contribution in [2.24, 2.45) is 5.73 Å². The van der Waals surface area contributed by atoms with Crippen LogP contribution >= 0.6 is 0 Å². The Morgan fingerprint density at radius 2 is 2.00 bits per heavy atom. The van der Waals surface area contributed by atoms with Crippen molar-refractivity contribution in [2.45, 2.75) is 51.1 Å². The summed E-state index contributed by atoms with van der Waals surface area (Å²) >= 11 is 0. The zero-order valence-corrected chi connectivity index (χ0v) is 11.5. The fourth-order valence-corrected chi connectivity index (χ4v) is 2.51. The number of nitrogens with two attached hydrogens (primary N) is 1. The molecule has 0 heterocycles. The molecule has 1 saturated carbocycles. The van der Waals surface area contributed by atoms with Gasteiger partial charge in [0.05, 0.1) is 0 Å². The lowest BCUT2D eigenvalue weighted by atomic mass is 10.1. The Kier molecular flexibility index (Phi) is 5.21. The maximum Gasteiger partial charge on any atom is 0.0208 e. The molecule has 0 bridgehead atoms. The van der Waals surface area contributed by atoms with E-state index in [1.54, 1.807) is 0 Å². The van der Waals surface area contributed by atoms with E-state index in [0.29, 0.717) is 0 Å². The minimum absolute atomic E-state index is 0.268. The molecule has 1 aliphatic carbocycles. The summed E-state index contributed by atoms with van der Waals surface area (Å²) in [4.78, 5) is 2.61. The number of unbranched alkanes of at least 4 members (excludes halogenated alkanes) is 1. The van der Waals surface area contributed by atoms with Crippen LogP contribution in [0.3, 0.4) is 0 Å². The van der Waals surface area contributed by atoms with Crippen molar-refractivity contribution in [1.29, 1.82) is 0 Å². The fraction of sp³-hybridized carbons (Fsp3) is 0.625. The van der Waals surface area contributed by atoms with E-state index in [4.69, 9.17) is 5.73 Å². The lowest BCUT2D eigenvalue weighted by Gasteiger charge is -2.25. The number of hydrogen-bond acceptors (Lipinski definition) is 2. The van der Waals surface area contributed by atoms with E-state index >= 15 is 0 Å². The van der Waals surface area contributed by atoms with Crippen molar-refractivity contribution in [3.8, 4) is 0 Å². The van der Waals surface area contributed by atoms with E-state index in [2.05, 4.69) is 42.2 Å². The van der Waals surface area contributed by atoms with Crippen molar-refractivity contribution in [2.75, 3.05) is 13.1 Å². The zero-order chi connectivity index (χ0) is 12.8. The highest BCUT2D eigenvalue weighted by molar-refractivity contribution is 5.15. The summed E-state index contributed by atoms with van der Waals surface area (Å²) in [6, 6.07) is 11.7. The predicted octanol–water partition coefficient (Wildman–Crippen LogP) is 2.82. The molecule has 1 aliphatic rings. The molecule has 0 aliphatic heterocycles. The molecule has 100 valence electrons. The third kappa shape index (κ3) is 4.43. The summed E-state index contributed by atoms with van der Waals surface area (Å²) in [5.74, 6) is 0. The second kappa shape index (κ2) is 6.91. The van der Waals surface area contributed by atoms with Gasteiger partial charge >= 0.3 is 0 Å². The lowest BCUT2D eigenvalue weighted by Crippen LogP contribution is -2.40. The van der Waals surface area contributed by atoms with Crippen LogP contribution in [0.4, 0.5) is 0 Å². The Labute approximate surface area is 111 Å². The molecular formula is C16H26N2. The van der Waals surface area contributed by atoms with Gasteiger partial charge in [-0.1, -0.05) is 43.7 Å². The normalized spacial score (nSPS) is 17.1. The van der Waals surface area contributed by atoms with Crippen molar-refractivity contribution in [3.63, 3.8) is 0 Å². The molecule has 2 nitrogen and oxygen atoms in total. The molecule has 18 heavy (non-hydrogen) atoms. The monoisotopic (exact) mass is 246 g/mol. The van der Waals surface area contributed by atoms with Crippen LogP contribution in [-0.4, -0.2) is 30.1 Å². The maximum atomic E-state index is 6.30. The highest BCUT2D eigenvalue weighted by atomic mass is 15.2. The molecule has 0 spiro atoms. The first-order valence-electron chi connectivity index (χ1n) is 7.33. The molecule has 1 aromatic carbocycles. The lowest BCUT2D eigenvalue weighted by molar-refractivity contribution is 0.242. The van der Waals surface area contributed by atoms with Gasteiger partial charge in [-0.3, -0.25) is 4.90 Å². The van der Waals surface area contributed by atoms with Gasteiger partial charge in [0.1, 0.15) is 0 Å². The first-order valence-corrected chi connectivity index (χ1v) is 7.33. The van der Waals surface area contributed by atoms with Gasteiger partial charge in [-0.25, -0.2) is 0 Å². The van der Waals surface area contributed by atoms with Gasteiger partial charge in [0.15, 0.2) is 0 Å². The Hall–Kier alpha value is -0.860. The Morgan fingerprint density at radius 1 is 1.28 bits per heavy atom. The average molecular weight is 246 g/mol. The van der Waals surface area contributed by atoms with Crippen LogP contribution in [0.2, 0.25) is 0 Å². The fourth-order valence-electron chi connectivity index (χ4n) is 2.51. The van der Waals surface area contributed by atoms with E-state index in [1.807, 2.05) is 0 Å². The molecule has 0 saturated heterocycles. The Balaban J connectivity index is 1.79. The van der Waals surface area contributed by atoms with Gasteiger partial charge in [0.25, 0.3) is 0 Å². The molecule has 1 fully saturated rings. The van der Waals surface area contributed by atoms with Crippen LogP contribution in [0, 0.1) is 0 Å². The second-order valence-electron chi connectivity index (χ2n) is 5.53. The standard InChI is InChI=1S/C16H26N2/c1-2-3-11-18(16-9-10-16)13-15(17)12-14-7-5-4-6-8-14/h4-8,15-16H,2-3,9-13,17H2,1H3. The molecule has 1 atom stereocenters. The van der Waals surface area contributed by atoms with E-state index in [1.165, 1.54) is 37.8 Å². The van der Waals surface area contributed by atoms with E-state index in [9.17, 15) is 0 Å². The number of hydrogen-bond donors (Lipinski definition) is 1. The van der Waals surface area contributed by atoms with E-state index < -0.39 is 0 Å². The highest BCUT2D eigenvalue weighted by Crippen LogP contribution is 2.27. The van der Waals surface area contributed by atoms with Crippen molar-refractivity contribution in [3.05, 3.63) is 35.9 Å². The van der Waals surface area contributed by atoms with Gasteiger partial charge in [0.2, 0.25) is 0 Å². The topological polar surface area (TPSA) is 29.3 Å². The van der Waals surface area contributed by atoms with Crippen LogP contribution in [0.1, 0.15) is 38.2 Å². The average Bonchev–Trinajstić information content (AvgIpc) is 3.20. The molecule has 2 heteroatoms. The quantitative estimate of drug-likeness (QED) is 0.764. The third-order valence-corrected chi connectivity index (χ3v) is 3.67. The molecule has 0 amide bonds. The molecule has 1 unspecified atom stereocenters. The largest absolute Gasteiger partial charge is 0.326 e. The molecule has 2 rings (SSSR count). The first-order chi connectivity index (χ1) is 8.79. The summed E-state index contributed by atoms with van der Waals surface area (Å²) in [7, 11) is 0. The summed E-state index contributed by atoms with van der Waals surface area (Å²) in [5.41, 5.74) is 7.66. The Bertz CT molecular complexity index is 332. The molecule has 0 aromatic heterocycles. The predicted molar refractivity (Wildman–Crippen MR) is 77.6 cm³/mol. The SMILES string of the molecule is CCCCN(CC(N)Cc1ccccc1)C1CC1. The highest BCUT2D eigenvalue weighted by Gasteiger charge is 2.29. The summed E-state index contributed by atoms with van der Waals surface area (Å²) < 4.78 is 0. The second-order valence-corrected chi connectivity index (χ2v) is 5.53. The molecule has 1 aromatic rings. The number of benzene rings is 1. The zero-order valence-electron chi connectivity index (χ0n) is 11.5. The summed E-state index contributed by atoms with van der Waals surface area (Å²) in [6.07, 6.45) is 6.32. The third-order valence-electron chi connectivity index (χ3n) is 3.67. The van der Waals surface area contributed by atoms with Crippen LogP contribution in [0.15, 0.2) is 30.3 Å². The minimum atomic E-state index is 0.268. The molecule has 0 radical (unpaired) electrons. The van der Waals surface area contributed by atoms with Gasteiger partial charge in [-0.05, 0) is 37.8 Å². The Morgan fingerprint density at radius 3 is 2.61 bits per heavy atom.